The number of rotatable bonds is 7. The minimum absolute atomic E-state index is 0.157. The summed E-state index contributed by atoms with van der Waals surface area (Å²) >= 11 is 0. The van der Waals surface area contributed by atoms with Crippen LogP contribution < -0.4 is 5.32 Å². The van der Waals surface area contributed by atoms with Crippen LogP contribution in [0.4, 0.5) is 5.69 Å². The third kappa shape index (κ3) is 4.35. The van der Waals surface area contributed by atoms with E-state index >= 15 is 0 Å². The summed E-state index contributed by atoms with van der Waals surface area (Å²) < 4.78 is 5.38. The van der Waals surface area contributed by atoms with E-state index in [0.29, 0.717) is 5.69 Å². The Balaban J connectivity index is 1.32. The highest BCUT2D eigenvalue weighted by Crippen LogP contribution is 2.56. The van der Waals surface area contributed by atoms with E-state index in [2.05, 4.69) is 5.32 Å². The molecule has 0 radical (unpaired) electrons. The Morgan fingerprint density at radius 2 is 1.66 bits per heavy atom. The number of ether oxygens (including phenoxy) is 1. The van der Waals surface area contributed by atoms with Gasteiger partial charge in [-0.2, -0.15) is 0 Å². The summed E-state index contributed by atoms with van der Waals surface area (Å²) in [5.74, 6) is -1.92. The van der Waals surface area contributed by atoms with Crippen molar-refractivity contribution in [3.8, 4) is 0 Å². The molecule has 1 heterocycles. The Labute approximate surface area is 204 Å². The minimum Gasteiger partial charge on any atom is -0.454 e. The molecule has 1 saturated heterocycles. The fourth-order valence-electron chi connectivity index (χ4n) is 6.15. The number of nitrogens with zero attached hydrogens (tertiary/aromatic N) is 1. The number of carbonyl (C=O) groups excluding carboxylic acids is 4. The molecule has 35 heavy (non-hydrogen) atoms. The summed E-state index contributed by atoms with van der Waals surface area (Å²) in [5, 5.41) is 2.77. The first-order valence-electron chi connectivity index (χ1n) is 12.3. The van der Waals surface area contributed by atoms with Crippen LogP contribution in [-0.4, -0.2) is 41.2 Å². The van der Waals surface area contributed by atoms with E-state index in [9.17, 15) is 19.2 Å². The molecule has 7 nitrogen and oxygen atoms in total. The summed E-state index contributed by atoms with van der Waals surface area (Å²) in [7, 11) is 0. The Morgan fingerprint density at radius 3 is 2.31 bits per heavy atom. The van der Waals surface area contributed by atoms with Gasteiger partial charge < -0.3 is 10.1 Å². The van der Waals surface area contributed by atoms with Crippen LogP contribution in [0.3, 0.4) is 0 Å². The first-order chi connectivity index (χ1) is 16.8. The average Bonchev–Trinajstić information content (AvgIpc) is 3.53. The number of anilines is 1. The molecule has 5 atom stereocenters. The van der Waals surface area contributed by atoms with Crippen LogP contribution in [-0.2, 0) is 30.3 Å². The fourth-order valence-corrected chi connectivity index (χ4v) is 6.15. The smallest absolute Gasteiger partial charge is 0.330 e. The molecular weight excluding hydrogens is 444 g/mol. The van der Waals surface area contributed by atoms with Crippen LogP contribution in [0.15, 0.2) is 48.5 Å². The molecule has 5 rings (SSSR count). The van der Waals surface area contributed by atoms with Gasteiger partial charge in [0.15, 0.2) is 6.61 Å². The maximum Gasteiger partial charge on any atom is 0.330 e. The maximum absolute atomic E-state index is 13.4. The minimum atomic E-state index is -1.09. The van der Waals surface area contributed by atoms with E-state index in [1.54, 1.807) is 0 Å². The quantitative estimate of drug-likeness (QED) is 0.490. The van der Waals surface area contributed by atoms with Gasteiger partial charge in [-0.1, -0.05) is 42.5 Å². The largest absolute Gasteiger partial charge is 0.454 e. The molecule has 1 aliphatic heterocycles. The molecule has 3 aliphatic rings. The lowest BCUT2D eigenvalue weighted by atomic mass is 9.81. The number of esters is 1. The fraction of sp³-hybridized carbons (Fsp3) is 0.429. The van der Waals surface area contributed by atoms with Gasteiger partial charge in [-0.15, -0.1) is 0 Å². The number of likely N-dealkylation sites (tertiary alicyclic amines) is 1. The molecule has 0 spiro atoms. The Kier molecular flexibility index (Phi) is 6.17. The van der Waals surface area contributed by atoms with Crippen LogP contribution in [0.1, 0.15) is 36.0 Å². The normalized spacial score (nSPS) is 25.5. The predicted octanol–water partition coefficient (Wildman–Crippen LogP) is 3.43. The van der Waals surface area contributed by atoms with E-state index < -0.39 is 24.5 Å². The molecule has 2 aromatic rings. The summed E-state index contributed by atoms with van der Waals surface area (Å²) in [6, 6.07) is 13.9. The second-order valence-corrected chi connectivity index (χ2v) is 10.1. The number of hydrogen-bond acceptors (Lipinski definition) is 5. The van der Waals surface area contributed by atoms with Gasteiger partial charge in [0.1, 0.15) is 6.04 Å². The lowest BCUT2D eigenvalue weighted by molar-refractivity contribution is -0.160. The maximum atomic E-state index is 13.4. The Bertz CT molecular complexity index is 1150. The number of benzene rings is 2. The van der Waals surface area contributed by atoms with Crippen LogP contribution in [0.25, 0.3) is 0 Å². The Morgan fingerprint density at radius 1 is 1.00 bits per heavy atom. The monoisotopic (exact) mass is 474 g/mol. The lowest BCUT2D eigenvalue weighted by Gasteiger charge is -2.26. The van der Waals surface area contributed by atoms with Crippen molar-refractivity contribution in [1.29, 1.82) is 0 Å². The van der Waals surface area contributed by atoms with E-state index in [1.165, 1.54) is 0 Å². The van der Waals surface area contributed by atoms with Crippen molar-refractivity contribution in [1.82, 2.24) is 4.90 Å². The van der Waals surface area contributed by atoms with Gasteiger partial charge in [0.25, 0.3) is 5.91 Å². The Hall–Kier alpha value is -3.48. The van der Waals surface area contributed by atoms with Crippen LogP contribution in [0.5, 0.6) is 0 Å². The lowest BCUT2D eigenvalue weighted by Crippen LogP contribution is -2.48. The molecule has 0 unspecified atom stereocenters. The van der Waals surface area contributed by atoms with Gasteiger partial charge in [-0.25, -0.2) is 4.79 Å². The third-order valence-corrected chi connectivity index (χ3v) is 7.83. The zero-order valence-corrected chi connectivity index (χ0v) is 20.0. The van der Waals surface area contributed by atoms with Crippen molar-refractivity contribution >= 4 is 29.4 Å². The molecule has 7 heteroatoms. The molecule has 2 aliphatic carbocycles. The highest BCUT2D eigenvalue weighted by molar-refractivity contribution is 6.08. The van der Waals surface area contributed by atoms with Crippen molar-refractivity contribution in [2.45, 2.75) is 45.6 Å². The van der Waals surface area contributed by atoms with E-state index in [1.807, 2.05) is 62.4 Å². The van der Waals surface area contributed by atoms with Crippen molar-refractivity contribution in [2.24, 2.45) is 23.7 Å². The standard InChI is InChI=1S/C28H30N2O5/c1-16-8-9-17(2)21(12-16)29-23(31)15-35-28(34)22(13-18-6-4-3-5-7-18)30-26(32)24-19-10-11-20(14-19)25(24)27(30)33/h3-9,12,19-20,22,24-25H,10-11,13-15H2,1-2H3,(H,29,31)/t19-,20-,22-,24-,25+/m0/s1. The SMILES string of the molecule is Cc1ccc(C)c(NC(=O)COC(=O)[C@H](Cc2ccccc2)N2C(=O)[C@@H]3[C@H]4CC[C@@H](C4)[C@@H]3C2=O)c1. The number of hydrogen-bond donors (Lipinski definition) is 1. The van der Waals surface area contributed by atoms with E-state index in [-0.39, 0.29) is 41.9 Å². The number of fused-ring (bicyclic) bond motifs is 5. The second-order valence-electron chi connectivity index (χ2n) is 10.1. The topological polar surface area (TPSA) is 92.8 Å². The second kappa shape index (κ2) is 9.29. The van der Waals surface area contributed by atoms with Crippen molar-refractivity contribution in [2.75, 3.05) is 11.9 Å². The van der Waals surface area contributed by atoms with Gasteiger partial charge >= 0.3 is 5.97 Å². The van der Waals surface area contributed by atoms with Crippen molar-refractivity contribution in [3.05, 3.63) is 65.2 Å². The molecule has 2 aromatic carbocycles. The van der Waals surface area contributed by atoms with Gasteiger partial charge in [0.05, 0.1) is 11.8 Å². The molecule has 3 fully saturated rings. The third-order valence-electron chi connectivity index (χ3n) is 7.83. The molecule has 3 amide bonds. The summed E-state index contributed by atoms with van der Waals surface area (Å²) in [4.78, 5) is 53.7. The first-order valence-corrected chi connectivity index (χ1v) is 12.3. The zero-order valence-electron chi connectivity index (χ0n) is 20.0. The molecule has 1 N–H and O–H groups in total. The van der Waals surface area contributed by atoms with Crippen LogP contribution in [0, 0.1) is 37.5 Å². The highest BCUT2D eigenvalue weighted by atomic mass is 16.5. The number of carbonyl (C=O) groups is 4. The summed E-state index contributed by atoms with van der Waals surface area (Å²) in [6.45, 7) is 3.31. The highest BCUT2D eigenvalue weighted by Gasteiger charge is 2.62. The molecule has 0 aromatic heterocycles. The summed E-state index contributed by atoms with van der Waals surface area (Å²) in [5.41, 5.74) is 3.36. The van der Waals surface area contributed by atoms with Gasteiger partial charge in [0.2, 0.25) is 11.8 Å². The van der Waals surface area contributed by atoms with Crippen molar-refractivity contribution in [3.63, 3.8) is 0 Å². The number of nitrogens with one attached hydrogen (secondary N) is 1. The zero-order chi connectivity index (χ0) is 24.7. The summed E-state index contributed by atoms with van der Waals surface area (Å²) in [6.07, 6.45) is 3.01. The molecule has 2 saturated carbocycles. The number of aryl methyl sites for hydroxylation is 2. The predicted molar refractivity (Wildman–Crippen MR) is 129 cm³/mol. The molecule has 2 bridgehead atoms. The molecular formula is C28H30N2O5. The average molecular weight is 475 g/mol. The van der Waals surface area contributed by atoms with Crippen molar-refractivity contribution < 1.29 is 23.9 Å². The first kappa shape index (κ1) is 23.3. The van der Waals surface area contributed by atoms with Crippen LogP contribution in [0.2, 0.25) is 0 Å². The van der Waals surface area contributed by atoms with Gasteiger partial charge in [0, 0.05) is 12.1 Å². The van der Waals surface area contributed by atoms with E-state index in [0.717, 1.165) is 40.9 Å². The molecule has 182 valence electrons. The van der Waals surface area contributed by atoms with Gasteiger partial charge in [-0.05, 0) is 67.7 Å². The number of imide groups is 1. The number of amides is 3. The van der Waals surface area contributed by atoms with Gasteiger partial charge in [-0.3, -0.25) is 19.3 Å². The van der Waals surface area contributed by atoms with Crippen LogP contribution >= 0.6 is 0 Å². The van der Waals surface area contributed by atoms with E-state index in [4.69, 9.17) is 4.74 Å².